The highest BCUT2D eigenvalue weighted by atomic mass is 32.2. The van der Waals surface area contributed by atoms with Crippen LogP contribution in [0, 0.1) is 5.41 Å². The molecule has 0 aromatic carbocycles. The Balaban J connectivity index is 4.06. The van der Waals surface area contributed by atoms with Gasteiger partial charge in [-0.25, -0.2) is 13.1 Å². The van der Waals surface area contributed by atoms with Crippen molar-refractivity contribution in [1.82, 2.24) is 4.72 Å². The Morgan fingerprint density at radius 3 is 2.17 bits per heavy atom. The average molecular weight is 194 g/mol. The van der Waals surface area contributed by atoms with Gasteiger partial charge in [0.25, 0.3) is 0 Å². The summed E-state index contributed by atoms with van der Waals surface area (Å²) in [6.07, 6.45) is 0. The zero-order chi connectivity index (χ0) is 9.83. The third kappa shape index (κ3) is 6.57. The summed E-state index contributed by atoms with van der Waals surface area (Å²) < 4.78 is 24.9. The van der Waals surface area contributed by atoms with Crippen LogP contribution >= 0.6 is 0 Å². The van der Waals surface area contributed by atoms with Gasteiger partial charge in [0, 0.05) is 13.1 Å². The molecule has 0 fully saturated rings. The molecule has 0 amide bonds. The molecule has 4 nitrogen and oxygen atoms in total. The number of nitrogens with two attached hydrogens (primary N) is 1. The van der Waals surface area contributed by atoms with Gasteiger partial charge >= 0.3 is 0 Å². The van der Waals surface area contributed by atoms with Crippen LogP contribution in [0.2, 0.25) is 0 Å². The van der Waals surface area contributed by atoms with E-state index in [9.17, 15) is 8.42 Å². The third-order valence-corrected chi connectivity index (χ3v) is 2.98. The molecule has 0 aliphatic rings. The van der Waals surface area contributed by atoms with Gasteiger partial charge < -0.3 is 5.73 Å². The Bertz CT molecular complexity index is 216. The predicted octanol–water partition coefficient (Wildman–Crippen LogP) is -0.0894. The lowest BCUT2D eigenvalue weighted by molar-refractivity contribution is 0.458. The Hall–Kier alpha value is -0.130. The highest BCUT2D eigenvalue weighted by molar-refractivity contribution is 7.89. The van der Waals surface area contributed by atoms with Crippen LogP contribution in [0.4, 0.5) is 0 Å². The Labute approximate surface area is 74.6 Å². The van der Waals surface area contributed by atoms with Crippen molar-refractivity contribution in [2.75, 3.05) is 18.8 Å². The summed E-state index contributed by atoms with van der Waals surface area (Å²) in [4.78, 5) is 0. The number of rotatable bonds is 4. The molecule has 0 saturated heterocycles. The monoisotopic (exact) mass is 194 g/mol. The van der Waals surface area contributed by atoms with Crippen LogP contribution < -0.4 is 10.5 Å². The van der Waals surface area contributed by atoms with Gasteiger partial charge in [0.15, 0.2) is 0 Å². The van der Waals surface area contributed by atoms with Gasteiger partial charge in [-0.15, -0.1) is 0 Å². The van der Waals surface area contributed by atoms with E-state index in [2.05, 4.69) is 4.72 Å². The largest absolute Gasteiger partial charge is 0.329 e. The summed E-state index contributed by atoms with van der Waals surface area (Å²) in [5.41, 5.74) is 4.96. The fourth-order valence-electron chi connectivity index (χ4n) is 0.836. The smallest absolute Gasteiger partial charge is 0.212 e. The van der Waals surface area contributed by atoms with Crippen molar-refractivity contribution in [3.8, 4) is 0 Å². The molecule has 5 heteroatoms. The maximum absolute atomic E-state index is 11.2. The molecule has 0 rings (SSSR count). The molecule has 0 heterocycles. The van der Waals surface area contributed by atoms with Crippen molar-refractivity contribution in [3.63, 3.8) is 0 Å². The first-order valence-corrected chi connectivity index (χ1v) is 5.59. The Morgan fingerprint density at radius 1 is 1.33 bits per heavy atom. The van der Waals surface area contributed by atoms with Gasteiger partial charge in [0.2, 0.25) is 10.0 Å². The minimum absolute atomic E-state index is 0.139. The maximum Gasteiger partial charge on any atom is 0.212 e. The number of nitrogens with one attached hydrogen (secondary N) is 1. The first-order valence-electron chi connectivity index (χ1n) is 3.94. The first-order chi connectivity index (χ1) is 5.27. The van der Waals surface area contributed by atoms with Crippen molar-refractivity contribution in [1.29, 1.82) is 0 Å². The molecule has 0 radical (unpaired) electrons. The van der Waals surface area contributed by atoms with Gasteiger partial charge in [0.1, 0.15) is 0 Å². The lowest BCUT2D eigenvalue weighted by Crippen LogP contribution is -2.35. The highest BCUT2D eigenvalue weighted by Crippen LogP contribution is 2.14. The molecular weight excluding hydrogens is 176 g/mol. The van der Waals surface area contributed by atoms with E-state index in [0.29, 0.717) is 13.1 Å². The predicted molar refractivity (Wildman–Crippen MR) is 50.3 cm³/mol. The van der Waals surface area contributed by atoms with E-state index in [1.165, 1.54) is 0 Å². The molecule has 74 valence electrons. The maximum atomic E-state index is 11.2. The molecular formula is C7H18N2O2S. The van der Waals surface area contributed by atoms with Crippen LogP contribution in [-0.4, -0.2) is 27.3 Å². The summed E-state index contributed by atoms with van der Waals surface area (Å²) >= 11 is 0. The van der Waals surface area contributed by atoms with E-state index in [-0.39, 0.29) is 11.2 Å². The highest BCUT2D eigenvalue weighted by Gasteiger charge is 2.20. The molecule has 0 saturated carbocycles. The van der Waals surface area contributed by atoms with E-state index in [4.69, 9.17) is 5.73 Å². The lowest BCUT2D eigenvalue weighted by atomic mass is 10.0. The van der Waals surface area contributed by atoms with E-state index < -0.39 is 10.0 Å². The molecule has 0 atom stereocenters. The minimum atomic E-state index is -3.13. The zero-order valence-corrected chi connectivity index (χ0v) is 8.74. The van der Waals surface area contributed by atoms with Crippen LogP contribution in [0.15, 0.2) is 0 Å². The van der Waals surface area contributed by atoms with E-state index in [1.807, 2.05) is 20.8 Å². The van der Waals surface area contributed by atoms with Gasteiger partial charge in [-0.2, -0.15) is 0 Å². The van der Waals surface area contributed by atoms with Gasteiger partial charge in [0.05, 0.1) is 5.75 Å². The quantitative estimate of drug-likeness (QED) is 0.657. The van der Waals surface area contributed by atoms with E-state index >= 15 is 0 Å². The van der Waals surface area contributed by atoms with Gasteiger partial charge in [-0.3, -0.25) is 0 Å². The van der Waals surface area contributed by atoms with Crippen molar-refractivity contribution in [2.24, 2.45) is 11.1 Å². The summed E-state index contributed by atoms with van der Waals surface area (Å²) in [5, 5.41) is 0. The molecule has 0 bridgehead atoms. The summed E-state index contributed by atoms with van der Waals surface area (Å²) in [6, 6.07) is 0. The average Bonchev–Trinajstić information content (AvgIpc) is 1.78. The van der Waals surface area contributed by atoms with E-state index in [1.54, 1.807) is 0 Å². The normalized spacial score (nSPS) is 13.3. The molecule has 0 spiro atoms. The van der Waals surface area contributed by atoms with Crippen molar-refractivity contribution in [2.45, 2.75) is 20.8 Å². The van der Waals surface area contributed by atoms with Crippen LogP contribution in [0.5, 0.6) is 0 Å². The third-order valence-electron chi connectivity index (χ3n) is 1.09. The number of sulfonamides is 1. The van der Waals surface area contributed by atoms with E-state index in [0.717, 1.165) is 0 Å². The zero-order valence-electron chi connectivity index (χ0n) is 7.92. The van der Waals surface area contributed by atoms with Gasteiger partial charge in [-0.1, -0.05) is 20.8 Å². The molecule has 12 heavy (non-hydrogen) atoms. The number of hydrogen-bond acceptors (Lipinski definition) is 3. The molecule has 0 aromatic rings. The summed E-state index contributed by atoms with van der Waals surface area (Å²) in [6.45, 7) is 6.31. The fraction of sp³-hybridized carbons (Fsp3) is 1.00. The topological polar surface area (TPSA) is 72.2 Å². The van der Waals surface area contributed by atoms with Crippen LogP contribution in [0.1, 0.15) is 20.8 Å². The second kappa shape index (κ2) is 4.20. The van der Waals surface area contributed by atoms with Crippen LogP contribution in [-0.2, 0) is 10.0 Å². The van der Waals surface area contributed by atoms with Crippen molar-refractivity contribution in [3.05, 3.63) is 0 Å². The van der Waals surface area contributed by atoms with Crippen molar-refractivity contribution < 1.29 is 8.42 Å². The molecule has 0 aliphatic carbocycles. The fourth-order valence-corrected chi connectivity index (χ4v) is 2.51. The van der Waals surface area contributed by atoms with Crippen LogP contribution in [0.3, 0.4) is 0 Å². The molecule has 0 unspecified atom stereocenters. The van der Waals surface area contributed by atoms with Gasteiger partial charge in [-0.05, 0) is 5.41 Å². The first kappa shape index (κ1) is 11.9. The Morgan fingerprint density at radius 2 is 1.83 bits per heavy atom. The van der Waals surface area contributed by atoms with Crippen molar-refractivity contribution >= 4 is 10.0 Å². The SMILES string of the molecule is CC(C)(C)CS(=O)(=O)NCCN. The summed E-state index contributed by atoms with van der Waals surface area (Å²) in [5.74, 6) is 0.139. The second-order valence-electron chi connectivity index (χ2n) is 4.00. The number of hydrogen-bond donors (Lipinski definition) is 2. The van der Waals surface area contributed by atoms with Crippen LogP contribution in [0.25, 0.3) is 0 Å². The Kier molecular flexibility index (Phi) is 4.16. The molecule has 3 N–H and O–H groups in total. The molecule has 0 aromatic heterocycles. The summed E-state index contributed by atoms with van der Waals surface area (Å²) in [7, 11) is -3.13. The molecule has 0 aliphatic heterocycles. The second-order valence-corrected chi connectivity index (χ2v) is 5.81. The minimum Gasteiger partial charge on any atom is -0.329 e. The standard InChI is InChI=1S/C7H18N2O2S/c1-7(2,3)6-12(10,11)9-5-4-8/h9H,4-6,8H2,1-3H3. The lowest BCUT2D eigenvalue weighted by Gasteiger charge is -2.17.